The van der Waals surface area contributed by atoms with E-state index in [0.717, 1.165) is 38.2 Å². The average molecular weight is 278 g/mol. The van der Waals surface area contributed by atoms with Crippen LogP contribution in [-0.4, -0.2) is 35.2 Å². The second-order valence-electron chi connectivity index (χ2n) is 5.81. The molecule has 110 valence electrons. The molecule has 1 amide bonds. The predicted molar refractivity (Wildman–Crippen MR) is 74.6 cm³/mol. The molecule has 2 fully saturated rings. The highest BCUT2D eigenvalue weighted by Gasteiger charge is 2.31. The molecular formula is C14H22N4O2. The first-order chi connectivity index (χ1) is 9.76. The highest BCUT2D eigenvalue weighted by atomic mass is 16.5. The highest BCUT2D eigenvalue weighted by Crippen LogP contribution is 2.38. The molecule has 6 nitrogen and oxygen atoms in total. The molecule has 1 aliphatic carbocycles. The van der Waals surface area contributed by atoms with Crippen molar-refractivity contribution in [3.63, 3.8) is 0 Å². The van der Waals surface area contributed by atoms with Crippen LogP contribution in [0.15, 0.2) is 4.52 Å². The number of nitrogens with zero attached hydrogens (tertiary/aromatic N) is 3. The Hall–Kier alpha value is -1.59. The van der Waals surface area contributed by atoms with Crippen LogP contribution in [0.2, 0.25) is 0 Å². The average Bonchev–Trinajstić information content (AvgIpc) is 3.17. The lowest BCUT2D eigenvalue weighted by atomic mass is 10.1. The Kier molecular flexibility index (Phi) is 3.89. The molecular weight excluding hydrogens is 256 g/mol. The lowest BCUT2D eigenvalue weighted by Crippen LogP contribution is -2.47. The van der Waals surface area contributed by atoms with E-state index in [-0.39, 0.29) is 11.9 Å². The standard InChI is InChI=1S/C14H22N4O2/c1-2-4-12(19)15-11-5-3-8-18(9-11)14-16-13(17-20-14)10-6-7-10/h10-11H,2-9H2,1H3,(H,15,19)/t11-/m1/s1. The third-order valence-corrected chi connectivity index (χ3v) is 3.91. The topological polar surface area (TPSA) is 71.3 Å². The van der Waals surface area contributed by atoms with E-state index in [1.165, 1.54) is 12.8 Å². The second kappa shape index (κ2) is 5.81. The summed E-state index contributed by atoms with van der Waals surface area (Å²) in [5.74, 6) is 1.50. The number of anilines is 1. The summed E-state index contributed by atoms with van der Waals surface area (Å²) in [5, 5.41) is 7.14. The zero-order valence-corrected chi connectivity index (χ0v) is 12.0. The summed E-state index contributed by atoms with van der Waals surface area (Å²) in [6, 6.07) is 0.806. The van der Waals surface area contributed by atoms with Crippen molar-refractivity contribution in [2.75, 3.05) is 18.0 Å². The monoisotopic (exact) mass is 278 g/mol. The molecule has 0 radical (unpaired) electrons. The molecule has 1 aromatic rings. The van der Waals surface area contributed by atoms with Crippen molar-refractivity contribution < 1.29 is 9.32 Å². The summed E-state index contributed by atoms with van der Waals surface area (Å²) in [7, 11) is 0. The number of carbonyl (C=O) groups excluding carboxylic acids is 1. The molecule has 2 aliphatic rings. The molecule has 1 aliphatic heterocycles. The van der Waals surface area contributed by atoms with Gasteiger partial charge in [-0.05, 0) is 32.1 Å². The molecule has 1 saturated carbocycles. The Morgan fingerprint density at radius 1 is 1.45 bits per heavy atom. The minimum Gasteiger partial charge on any atom is -0.352 e. The number of hydrogen-bond acceptors (Lipinski definition) is 5. The van der Waals surface area contributed by atoms with Gasteiger partial charge in [0.1, 0.15) is 0 Å². The molecule has 1 saturated heterocycles. The third-order valence-electron chi connectivity index (χ3n) is 3.91. The fraction of sp³-hybridized carbons (Fsp3) is 0.786. The molecule has 0 spiro atoms. The second-order valence-corrected chi connectivity index (χ2v) is 5.81. The number of nitrogens with one attached hydrogen (secondary N) is 1. The Labute approximate surface area is 118 Å². The van der Waals surface area contributed by atoms with Gasteiger partial charge in [-0.1, -0.05) is 12.1 Å². The van der Waals surface area contributed by atoms with Crippen molar-refractivity contribution in [2.24, 2.45) is 0 Å². The molecule has 0 bridgehead atoms. The molecule has 0 unspecified atom stereocenters. The quantitative estimate of drug-likeness (QED) is 0.889. The third kappa shape index (κ3) is 3.11. The summed E-state index contributed by atoms with van der Waals surface area (Å²) in [4.78, 5) is 18.3. The number of carbonyl (C=O) groups is 1. The molecule has 6 heteroatoms. The van der Waals surface area contributed by atoms with Crippen LogP contribution in [0.1, 0.15) is 57.2 Å². The van der Waals surface area contributed by atoms with Gasteiger partial charge in [0.05, 0.1) is 0 Å². The van der Waals surface area contributed by atoms with Gasteiger partial charge in [-0.2, -0.15) is 4.98 Å². The van der Waals surface area contributed by atoms with E-state index in [2.05, 4.69) is 20.4 Å². The van der Waals surface area contributed by atoms with Crippen molar-refractivity contribution in [3.05, 3.63) is 5.82 Å². The SMILES string of the molecule is CCCC(=O)N[C@@H]1CCCN(c2nc(C3CC3)no2)C1. The Bertz CT molecular complexity index is 469. The van der Waals surface area contributed by atoms with Crippen molar-refractivity contribution in [1.29, 1.82) is 0 Å². The van der Waals surface area contributed by atoms with Gasteiger partial charge in [0.2, 0.25) is 5.91 Å². The van der Waals surface area contributed by atoms with Crippen LogP contribution in [0, 0.1) is 0 Å². The van der Waals surface area contributed by atoms with E-state index in [1.54, 1.807) is 0 Å². The lowest BCUT2D eigenvalue weighted by molar-refractivity contribution is -0.121. The van der Waals surface area contributed by atoms with E-state index in [0.29, 0.717) is 18.4 Å². The van der Waals surface area contributed by atoms with Crippen LogP contribution in [0.4, 0.5) is 6.01 Å². The summed E-state index contributed by atoms with van der Waals surface area (Å²) in [5.41, 5.74) is 0. The van der Waals surface area contributed by atoms with Crippen LogP contribution >= 0.6 is 0 Å². The van der Waals surface area contributed by atoms with E-state index >= 15 is 0 Å². The fourth-order valence-corrected chi connectivity index (χ4v) is 2.66. The van der Waals surface area contributed by atoms with Gasteiger partial charge < -0.3 is 14.7 Å². The number of piperidine rings is 1. The minimum atomic E-state index is 0.142. The van der Waals surface area contributed by atoms with Crippen LogP contribution in [0.25, 0.3) is 0 Å². The van der Waals surface area contributed by atoms with Crippen molar-refractivity contribution in [2.45, 2.75) is 57.4 Å². The van der Waals surface area contributed by atoms with Crippen molar-refractivity contribution >= 4 is 11.9 Å². The molecule has 1 atom stereocenters. The van der Waals surface area contributed by atoms with E-state index in [1.807, 2.05) is 6.92 Å². The van der Waals surface area contributed by atoms with Gasteiger partial charge in [0, 0.05) is 31.5 Å². The number of hydrogen-bond donors (Lipinski definition) is 1. The number of aromatic nitrogens is 2. The molecule has 20 heavy (non-hydrogen) atoms. The first kappa shape index (κ1) is 13.4. The Morgan fingerprint density at radius 3 is 3.05 bits per heavy atom. The highest BCUT2D eigenvalue weighted by molar-refractivity contribution is 5.76. The van der Waals surface area contributed by atoms with E-state index < -0.39 is 0 Å². The normalized spacial score (nSPS) is 22.9. The van der Waals surface area contributed by atoms with Crippen LogP contribution in [0.5, 0.6) is 0 Å². The first-order valence-electron chi connectivity index (χ1n) is 7.64. The van der Waals surface area contributed by atoms with Crippen molar-refractivity contribution in [1.82, 2.24) is 15.5 Å². The Morgan fingerprint density at radius 2 is 2.30 bits per heavy atom. The van der Waals surface area contributed by atoms with Crippen molar-refractivity contribution in [3.8, 4) is 0 Å². The summed E-state index contributed by atoms with van der Waals surface area (Å²) < 4.78 is 5.36. The largest absolute Gasteiger partial charge is 0.352 e. The zero-order valence-electron chi connectivity index (χ0n) is 12.0. The van der Waals surface area contributed by atoms with Gasteiger partial charge >= 0.3 is 6.01 Å². The Balaban J connectivity index is 1.57. The smallest absolute Gasteiger partial charge is 0.324 e. The summed E-state index contributed by atoms with van der Waals surface area (Å²) in [6.07, 6.45) is 5.90. The van der Waals surface area contributed by atoms with E-state index in [4.69, 9.17) is 4.52 Å². The van der Waals surface area contributed by atoms with Crippen LogP contribution < -0.4 is 10.2 Å². The van der Waals surface area contributed by atoms with Gasteiger partial charge in [-0.25, -0.2) is 0 Å². The van der Waals surface area contributed by atoms with Gasteiger partial charge in [-0.15, -0.1) is 0 Å². The van der Waals surface area contributed by atoms with Gasteiger partial charge in [-0.3, -0.25) is 4.79 Å². The summed E-state index contributed by atoms with van der Waals surface area (Å²) >= 11 is 0. The van der Waals surface area contributed by atoms with Gasteiger partial charge in [0.25, 0.3) is 0 Å². The van der Waals surface area contributed by atoms with Crippen LogP contribution in [0.3, 0.4) is 0 Å². The maximum absolute atomic E-state index is 11.7. The number of rotatable bonds is 5. The molecule has 1 N–H and O–H groups in total. The molecule has 0 aromatic carbocycles. The summed E-state index contributed by atoms with van der Waals surface area (Å²) in [6.45, 7) is 3.71. The molecule has 2 heterocycles. The molecule has 3 rings (SSSR count). The minimum absolute atomic E-state index is 0.142. The molecule has 1 aromatic heterocycles. The fourth-order valence-electron chi connectivity index (χ4n) is 2.66. The first-order valence-corrected chi connectivity index (χ1v) is 7.64. The zero-order chi connectivity index (χ0) is 13.9. The number of amides is 1. The predicted octanol–water partition coefficient (Wildman–Crippen LogP) is 1.83. The lowest BCUT2D eigenvalue weighted by Gasteiger charge is -2.31. The van der Waals surface area contributed by atoms with Crippen LogP contribution in [-0.2, 0) is 4.79 Å². The van der Waals surface area contributed by atoms with Gasteiger partial charge in [0.15, 0.2) is 5.82 Å². The van der Waals surface area contributed by atoms with E-state index in [9.17, 15) is 4.79 Å². The maximum atomic E-state index is 11.7. The maximum Gasteiger partial charge on any atom is 0.324 e.